The molecule has 0 bridgehead atoms. The molecule has 0 radical (unpaired) electrons. The number of nitrogens with one attached hydrogen (secondary N) is 1. The summed E-state index contributed by atoms with van der Waals surface area (Å²) in [5.74, 6) is 0.780. The maximum Gasteiger partial charge on any atom is 0.220 e. The van der Waals surface area contributed by atoms with Crippen LogP contribution >= 0.6 is 0 Å². The number of hydrogen-bond donors (Lipinski definition) is 1. The number of furan rings is 1. The van der Waals surface area contributed by atoms with Crippen molar-refractivity contribution in [2.45, 2.75) is 19.4 Å². The van der Waals surface area contributed by atoms with Crippen molar-refractivity contribution in [3.63, 3.8) is 0 Å². The summed E-state index contributed by atoms with van der Waals surface area (Å²) in [5.41, 5.74) is 3.36. The van der Waals surface area contributed by atoms with Gasteiger partial charge < -0.3 is 14.5 Å². The summed E-state index contributed by atoms with van der Waals surface area (Å²) in [6, 6.07) is 9.53. The Labute approximate surface area is 145 Å². The molecule has 0 aliphatic heterocycles. The fourth-order valence-corrected chi connectivity index (χ4v) is 2.46. The maximum atomic E-state index is 12.1. The van der Waals surface area contributed by atoms with Crippen molar-refractivity contribution in [3.05, 3.63) is 66.5 Å². The molecule has 0 saturated carbocycles. The summed E-state index contributed by atoms with van der Waals surface area (Å²) in [6.07, 6.45) is 7.51. The number of amides is 1. The van der Waals surface area contributed by atoms with E-state index in [1.54, 1.807) is 32.0 Å². The van der Waals surface area contributed by atoms with Gasteiger partial charge in [-0.3, -0.25) is 14.8 Å². The van der Waals surface area contributed by atoms with Crippen LogP contribution in [0.1, 0.15) is 17.7 Å². The Kier molecular flexibility index (Phi) is 5.41. The van der Waals surface area contributed by atoms with E-state index in [4.69, 9.17) is 9.15 Å². The lowest BCUT2D eigenvalue weighted by Gasteiger charge is -2.08. The average Bonchev–Trinajstić information content (AvgIpc) is 3.20. The predicted molar refractivity (Wildman–Crippen MR) is 92.9 cm³/mol. The highest BCUT2D eigenvalue weighted by molar-refractivity contribution is 5.76. The number of aryl methyl sites for hydroxylation is 1. The first-order valence-corrected chi connectivity index (χ1v) is 7.98. The van der Waals surface area contributed by atoms with Crippen LogP contribution in [0.5, 0.6) is 5.75 Å². The molecule has 0 spiro atoms. The van der Waals surface area contributed by atoms with Gasteiger partial charge >= 0.3 is 0 Å². The third-order valence-corrected chi connectivity index (χ3v) is 3.82. The molecular weight excluding hydrogens is 318 g/mol. The van der Waals surface area contributed by atoms with E-state index in [0.29, 0.717) is 30.8 Å². The molecule has 1 amide bonds. The van der Waals surface area contributed by atoms with Gasteiger partial charge in [0.25, 0.3) is 0 Å². The second kappa shape index (κ2) is 8.10. The summed E-state index contributed by atoms with van der Waals surface area (Å²) in [7, 11) is 1.63. The first kappa shape index (κ1) is 16.7. The van der Waals surface area contributed by atoms with Crippen LogP contribution in [-0.4, -0.2) is 23.0 Å². The quantitative estimate of drug-likeness (QED) is 0.717. The molecule has 2 aromatic heterocycles. The summed E-state index contributed by atoms with van der Waals surface area (Å²) < 4.78 is 10.2. The summed E-state index contributed by atoms with van der Waals surface area (Å²) in [4.78, 5) is 20.7. The molecule has 6 heteroatoms. The van der Waals surface area contributed by atoms with Gasteiger partial charge in [-0.2, -0.15) is 0 Å². The van der Waals surface area contributed by atoms with E-state index in [0.717, 1.165) is 16.9 Å². The van der Waals surface area contributed by atoms with Crippen LogP contribution in [0.25, 0.3) is 11.3 Å². The number of methoxy groups -OCH3 is 1. The van der Waals surface area contributed by atoms with Gasteiger partial charge in [-0.25, -0.2) is 0 Å². The smallest absolute Gasteiger partial charge is 0.220 e. The number of carbonyl (C=O) groups is 1. The molecule has 0 atom stereocenters. The first-order valence-electron chi connectivity index (χ1n) is 7.98. The molecule has 25 heavy (non-hydrogen) atoms. The van der Waals surface area contributed by atoms with Crippen molar-refractivity contribution in [3.8, 4) is 17.0 Å². The zero-order chi connectivity index (χ0) is 17.5. The van der Waals surface area contributed by atoms with Crippen molar-refractivity contribution in [2.24, 2.45) is 0 Å². The fourth-order valence-electron chi connectivity index (χ4n) is 2.46. The highest BCUT2D eigenvalue weighted by atomic mass is 16.5. The van der Waals surface area contributed by atoms with Crippen LogP contribution in [0.15, 0.2) is 59.7 Å². The number of nitrogens with zero attached hydrogens (tertiary/aromatic N) is 2. The highest BCUT2D eigenvalue weighted by Crippen LogP contribution is 2.19. The molecule has 6 nitrogen and oxygen atoms in total. The minimum absolute atomic E-state index is 0.0281. The van der Waals surface area contributed by atoms with Gasteiger partial charge in [0.05, 0.1) is 37.6 Å². The second-order valence-electron chi connectivity index (χ2n) is 5.49. The Morgan fingerprint density at radius 2 is 1.96 bits per heavy atom. The monoisotopic (exact) mass is 337 g/mol. The van der Waals surface area contributed by atoms with Crippen LogP contribution in [-0.2, 0) is 17.8 Å². The Morgan fingerprint density at radius 3 is 2.68 bits per heavy atom. The second-order valence-corrected chi connectivity index (χ2v) is 5.49. The van der Waals surface area contributed by atoms with Crippen molar-refractivity contribution in [1.82, 2.24) is 15.3 Å². The predicted octanol–water partition coefficient (Wildman–Crippen LogP) is 2.99. The zero-order valence-corrected chi connectivity index (χ0v) is 13.9. The molecule has 1 aromatic carbocycles. The fraction of sp³-hybridized carbons (Fsp3) is 0.211. The first-order chi connectivity index (χ1) is 12.3. The lowest BCUT2D eigenvalue weighted by Crippen LogP contribution is -2.24. The van der Waals surface area contributed by atoms with Crippen molar-refractivity contribution in [1.29, 1.82) is 0 Å². The molecule has 0 saturated heterocycles. The molecule has 3 rings (SSSR count). The number of aromatic nitrogens is 2. The normalized spacial score (nSPS) is 10.4. The third kappa shape index (κ3) is 4.44. The minimum Gasteiger partial charge on any atom is -0.497 e. The summed E-state index contributed by atoms with van der Waals surface area (Å²) in [6.45, 7) is 0.329. The molecule has 2 heterocycles. The van der Waals surface area contributed by atoms with Gasteiger partial charge in [0, 0.05) is 24.4 Å². The van der Waals surface area contributed by atoms with Gasteiger partial charge in [-0.05, 0) is 30.2 Å². The lowest BCUT2D eigenvalue weighted by molar-refractivity contribution is -0.121. The number of carbonyl (C=O) groups excluding carboxylic acids is 1. The van der Waals surface area contributed by atoms with E-state index in [2.05, 4.69) is 15.3 Å². The average molecular weight is 337 g/mol. The lowest BCUT2D eigenvalue weighted by atomic mass is 10.1. The van der Waals surface area contributed by atoms with E-state index in [9.17, 15) is 4.79 Å². The summed E-state index contributed by atoms with van der Waals surface area (Å²) in [5, 5.41) is 2.90. The number of ether oxygens (including phenoxy) is 1. The molecule has 0 aliphatic carbocycles. The largest absolute Gasteiger partial charge is 0.497 e. The van der Waals surface area contributed by atoms with E-state index < -0.39 is 0 Å². The zero-order valence-electron chi connectivity index (χ0n) is 13.9. The van der Waals surface area contributed by atoms with Gasteiger partial charge in [0.1, 0.15) is 5.75 Å². The molecule has 128 valence electrons. The SMILES string of the molecule is COc1ccc(CCC(=O)NCc2nccnc2-c2ccoc2)cc1. The maximum absolute atomic E-state index is 12.1. The Bertz CT molecular complexity index is 814. The molecule has 0 fully saturated rings. The molecule has 3 aromatic rings. The van der Waals surface area contributed by atoms with E-state index in [1.807, 2.05) is 30.3 Å². The Balaban J connectivity index is 1.54. The topological polar surface area (TPSA) is 77.2 Å². The molecule has 0 unspecified atom stereocenters. The van der Waals surface area contributed by atoms with Crippen molar-refractivity contribution >= 4 is 5.91 Å². The number of benzene rings is 1. The minimum atomic E-state index is -0.0281. The number of hydrogen-bond acceptors (Lipinski definition) is 5. The van der Waals surface area contributed by atoms with Crippen LogP contribution < -0.4 is 10.1 Å². The van der Waals surface area contributed by atoms with Crippen molar-refractivity contribution in [2.75, 3.05) is 7.11 Å². The van der Waals surface area contributed by atoms with Gasteiger partial charge in [-0.15, -0.1) is 0 Å². The van der Waals surface area contributed by atoms with Gasteiger partial charge in [0.15, 0.2) is 0 Å². The van der Waals surface area contributed by atoms with Gasteiger partial charge in [0.2, 0.25) is 5.91 Å². The third-order valence-electron chi connectivity index (χ3n) is 3.82. The molecular formula is C19H19N3O3. The van der Waals surface area contributed by atoms with Crippen LogP contribution in [0.2, 0.25) is 0 Å². The standard InChI is InChI=1S/C19H19N3O3/c1-24-16-5-2-14(3-6-16)4-7-18(23)22-12-17-19(21-10-9-20-17)15-8-11-25-13-15/h2-3,5-6,8-11,13H,4,7,12H2,1H3,(H,22,23). The molecule has 1 N–H and O–H groups in total. The van der Waals surface area contributed by atoms with E-state index in [-0.39, 0.29) is 5.91 Å². The van der Waals surface area contributed by atoms with Crippen LogP contribution in [0.4, 0.5) is 0 Å². The van der Waals surface area contributed by atoms with Crippen LogP contribution in [0, 0.1) is 0 Å². The van der Waals surface area contributed by atoms with E-state index >= 15 is 0 Å². The highest BCUT2D eigenvalue weighted by Gasteiger charge is 2.10. The number of rotatable bonds is 7. The van der Waals surface area contributed by atoms with Crippen molar-refractivity contribution < 1.29 is 13.9 Å². The Morgan fingerprint density at radius 1 is 1.16 bits per heavy atom. The van der Waals surface area contributed by atoms with Crippen LogP contribution in [0.3, 0.4) is 0 Å². The Hall–Kier alpha value is -3.15. The van der Waals surface area contributed by atoms with E-state index in [1.165, 1.54) is 0 Å². The summed E-state index contributed by atoms with van der Waals surface area (Å²) >= 11 is 0. The van der Waals surface area contributed by atoms with Gasteiger partial charge in [-0.1, -0.05) is 12.1 Å². The molecule has 0 aliphatic rings.